The number of fused-ring (bicyclic) bond motifs is 1. The summed E-state index contributed by atoms with van der Waals surface area (Å²) in [5, 5.41) is 13.1. The summed E-state index contributed by atoms with van der Waals surface area (Å²) in [6.07, 6.45) is 2.28. The lowest BCUT2D eigenvalue weighted by molar-refractivity contribution is -0.922. The van der Waals surface area contributed by atoms with Crippen LogP contribution in [0.4, 0.5) is 0 Å². The van der Waals surface area contributed by atoms with Gasteiger partial charge in [-0.05, 0) is 43.5 Å². The van der Waals surface area contributed by atoms with E-state index in [9.17, 15) is 14.7 Å². The second kappa shape index (κ2) is 9.46. The number of rotatable bonds is 5. The molecule has 32 heavy (non-hydrogen) atoms. The number of hydrogen-bond donors (Lipinski definition) is 1. The summed E-state index contributed by atoms with van der Waals surface area (Å²) >= 11 is 3.39. The number of quaternary nitrogens is 1. The quantitative estimate of drug-likeness (QED) is 0.544. The molecule has 2 aromatic carbocycles. The molecule has 0 aliphatic carbocycles. The Hall–Kier alpha value is -2.64. The highest BCUT2D eigenvalue weighted by atomic mass is 79.9. The molecule has 3 aromatic rings. The van der Waals surface area contributed by atoms with Crippen molar-refractivity contribution in [1.29, 1.82) is 0 Å². The van der Waals surface area contributed by atoms with Gasteiger partial charge >= 0.3 is 5.97 Å². The fourth-order valence-corrected chi connectivity index (χ4v) is 4.75. The molecule has 0 spiro atoms. The number of nitrogens with one attached hydrogen (secondary N) is 1. The Kier molecular flexibility index (Phi) is 6.67. The van der Waals surface area contributed by atoms with E-state index in [4.69, 9.17) is 9.15 Å². The second-order valence-corrected chi connectivity index (χ2v) is 9.33. The molecule has 1 fully saturated rings. The van der Waals surface area contributed by atoms with Crippen LogP contribution in [0.25, 0.3) is 22.1 Å². The fourth-order valence-electron chi connectivity index (χ4n) is 4.49. The first-order valence-electron chi connectivity index (χ1n) is 10.9. The van der Waals surface area contributed by atoms with Gasteiger partial charge < -0.3 is 19.2 Å². The van der Waals surface area contributed by atoms with E-state index in [1.54, 1.807) is 31.2 Å². The Balaban J connectivity index is 1.92. The number of piperidine rings is 1. The summed E-state index contributed by atoms with van der Waals surface area (Å²) in [7, 11) is 0. The molecular formula is C25H26BrNO5. The zero-order valence-corrected chi connectivity index (χ0v) is 19.8. The van der Waals surface area contributed by atoms with Crippen LogP contribution < -0.4 is 15.4 Å². The predicted octanol–water partition coefficient (Wildman–Crippen LogP) is 3.29. The third kappa shape index (κ3) is 4.45. The molecule has 1 aromatic heterocycles. The van der Waals surface area contributed by atoms with Gasteiger partial charge in [-0.2, -0.15) is 0 Å². The lowest BCUT2D eigenvalue weighted by Gasteiger charge is -2.29. The zero-order valence-electron chi connectivity index (χ0n) is 18.2. The molecule has 1 aliphatic rings. The third-order valence-corrected chi connectivity index (χ3v) is 6.53. The molecule has 1 aliphatic heterocycles. The first kappa shape index (κ1) is 22.6. The molecule has 7 heteroatoms. The normalized spacial score (nSPS) is 18.6. The highest BCUT2D eigenvalue weighted by molar-refractivity contribution is 9.10. The number of ether oxygens (including phenoxy) is 1. The number of likely N-dealkylation sites (tertiary alicyclic amines) is 1. The molecule has 0 amide bonds. The van der Waals surface area contributed by atoms with Crippen LogP contribution in [0.1, 0.15) is 42.8 Å². The van der Waals surface area contributed by atoms with E-state index in [-0.39, 0.29) is 34.7 Å². The van der Waals surface area contributed by atoms with Crippen molar-refractivity contribution in [1.82, 2.24) is 0 Å². The first-order valence-corrected chi connectivity index (χ1v) is 11.7. The van der Waals surface area contributed by atoms with Gasteiger partial charge in [0.25, 0.3) is 0 Å². The van der Waals surface area contributed by atoms with Crippen LogP contribution in [0.15, 0.2) is 50.1 Å². The minimum atomic E-state index is -0.717. The standard InChI is InChI=1S/C25H26BrNO5/c1-3-31-25(30)24-21(16-6-8-17(26)9-7-16)22(29)18-10-11-20(28)19(23(18)32-24)14-27-12-4-5-15(2)13-27/h6-11,15,28H,3-5,12-14H2,1-2H3. The van der Waals surface area contributed by atoms with Gasteiger partial charge in [-0.25, -0.2) is 4.79 Å². The van der Waals surface area contributed by atoms with Crippen molar-refractivity contribution < 1.29 is 24.0 Å². The molecule has 4 rings (SSSR count). The van der Waals surface area contributed by atoms with E-state index in [0.29, 0.717) is 29.0 Å². The van der Waals surface area contributed by atoms with Crippen LogP contribution in [-0.4, -0.2) is 25.7 Å². The zero-order chi connectivity index (χ0) is 22.8. The van der Waals surface area contributed by atoms with Crippen molar-refractivity contribution >= 4 is 32.9 Å². The van der Waals surface area contributed by atoms with Gasteiger partial charge in [-0.1, -0.05) is 46.8 Å². The highest BCUT2D eigenvalue weighted by Crippen LogP contribution is 2.30. The average molecular weight is 500 g/mol. The fraction of sp³-hybridized carbons (Fsp3) is 0.360. The van der Waals surface area contributed by atoms with Crippen molar-refractivity contribution in [2.45, 2.75) is 33.2 Å². The Morgan fingerprint density at radius 3 is 2.69 bits per heavy atom. The van der Waals surface area contributed by atoms with Gasteiger partial charge in [0.1, 0.15) is 12.1 Å². The van der Waals surface area contributed by atoms with Gasteiger partial charge in [-0.3, -0.25) is 4.79 Å². The van der Waals surface area contributed by atoms with E-state index in [1.165, 1.54) is 23.5 Å². The first-order chi connectivity index (χ1) is 15.4. The van der Waals surface area contributed by atoms with Crippen molar-refractivity contribution in [3.05, 3.63) is 62.4 Å². The van der Waals surface area contributed by atoms with Gasteiger partial charge in [0.05, 0.1) is 30.6 Å². The van der Waals surface area contributed by atoms with Crippen molar-refractivity contribution in [2.24, 2.45) is 5.92 Å². The van der Waals surface area contributed by atoms with Crippen LogP contribution in [0.3, 0.4) is 0 Å². The molecular weight excluding hydrogens is 474 g/mol. The lowest BCUT2D eigenvalue weighted by Crippen LogP contribution is -3.12. The van der Waals surface area contributed by atoms with E-state index in [2.05, 4.69) is 22.9 Å². The number of esters is 1. The Labute approximate surface area is 194 Å². The van der Waals surface area contributed by atoms with Gasteiger partial charge in [0, 0.05) is 16.0 Å². The van der Waals surface area contributed by atoms with Gasteiger partial charge in [0.15, 0.2) is 0 Å². The van der Waals surface area contributed by atoms with Gasteiger partial charge in [-0.15, -0.1) is 0 Å². The maximum absolute atomic E-state index is 13.6. The van der Waals surface area contributed by atoms with Crippen LogP contribution >= 0.6 is 15.9 Å². The average Bonchev–Trinajstić information content (AvgIpc) is 2.76. The SMILES string of the molecule is CCOC(=O)c1oc2c(C[NH+]3CCCC(C)C3)c([O-])ccc2c(=O)c1-c1ccc(Br)cc1. The Bertz CT molecular complexity index is 1200. The van der Waals surface area contributed by atoms with Crippen molar-refractivity contribution in [3.63, 3.8) is 0 Å². The minimum Gasteiger partial charge on any atom is -0.872 e. The minimum absolute atomic E-state index is 0.143. The van der Waals surface area contributed by atoms with Crippen molar-refractivity contribution in [2.75, 3.05) is 19.7 Å². The molecule has 1 saturated heterocycles. The summed E-state index contributed by atoms with van der Waals surface area (Å²) in [6, 6.07) is 10.00. The number of carbonyl (C=O) groups excluding carboxylic acids is 1. The van der Waals surface area contributed by atoms with Gasteiger partial charge in [0.2, 0.25) is 11.2 Å². The van der Waals surface area contributed by atoms with E-state index < -0.39 is 5.97 Å². The summed E-state index contributed by atoms with van der Waals surface area (Å²) in [5.74, 6) is -0.487. The molecule has 168 valence electrons. The molecule has 0 bridgehead atoms. The maximum atomic E-state index is 13.6. The van der Waals surface area contributed by atoms with Crippen LogP contribution in [0, 0.1) is 5.92 Å². The summed E-state index contributed by atoms with van der Waals surface area (Å²) in [6.45, 7) is 6.43. The van der Waals surface area contributed by atoms with E-state index >= 15 is 0 Å². The largest absolute Gasteiger partial charge is 0.872 e. The number of benzene rings is 2. The third-order valence-electron chi connectivity index (χ3n) is 6.01. The van der Waals surface area contributed by atoms with Crippen molar-refractivity contribution in [3.8, 4) is 16.9 Å². The Morgan fingerprint density at radius 1 is 1.25 bits per heavy atom. The Morgan fingerprint density at radius 2 is 2.00 bits per heavy atom. The predicted molar refractivity (Wildman–Crippen MR) is 124 cm³/mol. The molecule has 6 nitrogen and oxygen atoms in total. The van der Waals surface area contributed by atoms with Crippen LogP contribution in [0.2, 0.25) is 0 Å². The topological polar surface area (TPSA) is 84.0 Å². The van der Waals surface area contributed by atoms with E-state index in [1.807, 2.05) is 0 Å². The summed E-state index contributed by atoms with van der Waals surface area (Å²) < 4.78 is 12.1. The smallest absolute Gasteiger partial charge is 0.375 e. The van der Waals surface area contributed by atoms with Crippen LogP contribution in [0.5, 0.6) is 5.75 Å². The molecule has 1 N–H and O–H groups in total. The molecule has 0 saturated carbocycles. The lowest BCUT2D eigenvalue weighted by atomic mass is 9.98. The summed E-state index contributed by atoms with van der Waals surface area (Å²) in [5.41, 5.74) is 0.982. The number of carbonyl (C=O) groups is 1. The highest BCUT2D eigenvalue weighted by Gasteiger charge is 2.26. The van der Waals surface area contributed by atoms with E-state index in [0.717, 1.165) is 24.0 Å². The second-order valence-electron chi connectivity index (χ2n) is 8.41. The number of hydrogen-bond acceptors (Lipinski definition) is 5. The molecule has 0 radical (unpaired) electrons. The molecule has 2 unspecified atom stereocenters. The monoisotopic (exact) mass is 499 g/mol. The summed E-state index contributed by atoms with van der Waals surface area (Å²) in [4.78, 5) is 27.6. The number of halogens is 1. The van der Waals surface area contributed by atoms with Crippen LogP contribution in [-0.2, 0) is 11.3 Å². The molecule has 2 atom stereocenters. The maximum Gasteiger partial charge on any atom is 0.375 e. The molecule has 2 heterocycles.